The molecule has 3 nitrogen and oxygen atoms in total. The topological polar surface area (TPSA) is 39.2 Å². The molecule has 1 aliphatic carbocycles. The van der Waals surface area contributed by atoms with Crippen LogP contribution in [0.25, 0.3) is 0 Å². The Balaban J connectivity index is 2.19. The summed E-state index contributed by atoms with van der Waals surface area (Å²) in [5.74, 6) is -0.251. The van der Waals surface area contributed by atoms with Crippen molar-refractivity contribution in [3.8, 4) is 0 Å². The summed E-state index contributed by atoms with van der Waals surface area (Å²) in [6, 6.07) is 2.26. The van der Waals surface area contributed by atoms with Crippen LogP contribution in [0.5, 0.6) is 0 Å². The predicted octanol–water partition coefficient (Wildman–Crippen LogP) is 3.50. The van der Waals surface area contributed by atoms with E-state index >= 15 is 0 Å². The van der Waals surface area contributed by atoms with Crippen LogP contribution in [0.4, 0.5) is 13.2 Å². The fourth-order valence-corrected chi connectivity index (χ4v) is 2.10. The Labute approximate surface area is 108 Å². The molecule has 1 aromatic heterocycles. The van der Waals surface area contributed by atoms with Crippen LogP contribution in [-0.2, 0) is 15.7 Å². The molecule has 0 bridgehead atoms. The summed E-state index contributed by atoms with van der Waals surface area (Å²) >= 11 is 0. The van der Waals surface area contributed by atoms with E-state index in [0.717, 1.165) is 31.5 Å². The number of carbonyl (C=O) groups excluding carboxylic acids is 1. The molecule has 1 unspecified atom stereocenters. The highest BCUT2D eigenvalue weighted by molar-refractivity contribution is 5.66. The molecule has 0 saturated heterocycles. The molecule has 1 aromatic rings. The van der Waals surface area contributed by atoms with Crippen molar-refractivity contribution >= 4 is 5.97 Å². The summed E-state index contributed by atoms with van der Waals surface area (Å²) in [4.78, 5) is 14.5. The largest absolute Gasteiger partial charge is 0.457 e. The van der Waals surface area contributed by atoms with E-state index in [9.17, 15) is 18.0 Å². The SMILES string of the molecule is CC(=O)OC(c1ccc(C(F)(F)F)nc1)C1CCC1. The number of aromatic nitrogens is 1. The molecule has 104 valence electrons. The standard InChI is InChI=1S/C13H14F3NO2/c1-8(18)19-12(9-3-2-4-9)10-5-6-11(17-7-10)13(14,15)16/h5-7,9,12H,2-4H2,1H3. The Morgan fingerprint density at radius 1 is 1.42 bits per heavy atom. The second kappa shape index (κ2) is 5.19. The summed E-state index contributed by atoms with van der Waals surface area (Å²) in [5.41, 5.74) is -0.417. The lowest BCUT2D eigenvalue weighted by molar-refractivity contribution is -0.151. The Hall–Kier alpha value is -1.59. The summed E-state index contributed by atoms with van der Waals surface area (Å²) < 4.78 is 42.5. The van der Waals surface area contributed by atoms with Crippen molar-refractivity contribution in [2.24, 2.45) is 5.92 Å². The van der Waals surface area contributed by atoms with Crippen LogP contribution in [-0.4, -0.2) is 11.0 Å². The first-order valence-corrected chi connectivity index (χ1v) is 6.08. The van der Waals surface area contributed by atoms with Crippen molar-refractivity contribution in [3.05, 3.63) is 29.6 Å². The molecule has 0 radical (unpaired) electrons. The highest BCUT2D eigenvalue weighted by Crippen LogP contribution is 2.40. The van der Waals surface area contributed by atoms with Crippen LogP contribution in [0.1, 0.15) is 43.5 Å². The highest BCUT2D eigenvalue weighted by Gasteiger charge is 2.34. The summed E-state index contributed by atoms with van der Waals surface area (Å²) in [6.45, 7) is 1.29. The van der Waals surface area contributed by atoms with Gasteiger partial charge >= 0.3 is 12.1 Å². The van der Waals surface area contributed by atoms with Crippen LogP contribution in [0.2, 0.25) is 0 Å². The molecule has 0 aromatic carbocycles. The van der Waals surface area contributed by atoms with E-state index in [1.54, 1.807) is 0 Å². The van der Waals surface area contributed by atoms with Gasteiger partial charge in [0.15, 0.2) is 0 Å². The van der Waals surface area contributed by atoms with Gasteiger partial charge in [-0.25, -0.2) is 0 Å². The monoisotopic (exact) mass is 273 g/mol. The maximum atomic E-state index is 12.4. The normalized spacial score (nSPS) is 17.7. The smallest absolute Gasteiger partial charge is 0.433 e. The molecular weight excluding hydrogens is 259 g/mol. The Bertz CT molecular complexity index is 452. The summed E-state index contributed by atoms with van der Waals surface area (Å²) in [5, 5.41) is 0. The Morgan fingerprint density at radius 2 is 2.11 bits per heavy atom. The molecule has 2 rings (SSSR count). The molecular formula is C13H14F3NO2. The Morgan fingerprint density at radius 3 is 2.47 bits per heavy atom. The minimum absolute atomic E-state index is 0.183. The second-order valence-corrected chi connectivity index (χ2v) is 4.70. The number of hydrogen-bond acceptors (Lipinski definition) is 3. The van der Waals surface area contributed by atoms with E-state index < -0.39 is 23.9 Å². The third-order valence-corrected chi connectivity index (χ3v) is 3.28. The number of alkyl halides is 3. The minimum Gasteiger partial charge on any atom is -0.457 e. The van der Waals surface area contributed by atoms with Crippen LogP contribution in [0, 0.1) is 5.92 Å². The van der Waals surface area contributed by atoms with Crippen LogP contribution in [0.15, 0.2) is 18.3 Å². The first-order valence-electron chi connectivity index (χ1n) is 6.08. The molecule has 6 heteroatoms. The summed E-state index contributed by atoms with van der Waals surface area (Å²) in [7, 11) is 0. The number of hydrogen-bond donors (Lipinski definition) is 0. The third-order valence-electron chi connectivity index (χ3n) is 3.28. The molecule has 0 amide bonds. The van der Waals surface area contributed by atoms with Gasteiger partial charge in [-0.1, -0.05) is 12.5 Å². The van der Waals surface area contributed by atoms with Gasteiger partial charge in [-0.05, 0) is 18.9 Å². The predicted molar refractivity (Wildman–Crippen MR) is 61.1 cm³/mol. The number of carbonyl (C=O) groups is 1. The fraction of sp³-hybridized carbons (Fsp3) is 0.538. The van der Waals surface area contributed by atoms with Gasteiger partial charge in [0.05, 0.1) is 0 Å². The first-order chi connectivity index (χ1) is 8.88. The zero-order valence-corrected chi connectivity index (χ0v) is 10.4. The lowest BCUT2D eigenvalue weighted by Crippen LogP contribution is -2.24. The lowest BCUT2D eigenvalue weighted by atomic mass is 9.79. The van der Waals surface area contributed by atoms with E-state index in [2.05, 4.69) is 4.98 Å². The van der Waals surface area contributed by atoms with E-state index in [4.69, 9.17) is 4.74 Å². The Kier molecular flexibility index (Phi) is 3.78. The van der Waals surface area contributed by atoms with Crippen LogP contribution in [0.3, 0.4) is 0 Å². The number of esters is 1. The molecule has 1 aliphatic rings. The van der Waals surface area contributed by atoms with E-state index in [1.165, 1.54) is 13.0 Å². The average molecular weight is 273 g/mol. The van der Waals surface area contributed by atoms with Crippen molar-refractivity contribution < 1.29 is 22.7 Å². The number of rotatable bonds is 3. The summed E-state index contributed by atoms with van der Waals surface area (Å²) in [6.07, 6.45) is -0.907. The van der Waals surface area contributed by atoms with Gasteiger partial charge in [0.25, 0.3) is 0 Å². The van der Waals surface area contributed by atoms with Gasteiger partial charge in [0.2, 0.25) is 0 Å². The molecule has 1 atom stereocenters. The second-order valence-electron chi connectivity index (χ2n) is 4.70. The fourth-order valence-electron chi connectivity index (χ4n) is 2.10. The molecule has 0 aliphatic heterocycles. The average Bonchev–Trinajstić information content (AvgIpc) is 2.24. The van der Waals surface area contributed by atoms with Crippen LogP contribution >= 0.6 is 0 Å². The van der Waals surface area contributed by atoms with Crippen molar-refractivity contribution in [3.63, 3.8) is 0 Å². The van der Waals surface area contributed by atoms with Gasteiger partial charge in [-0.2, -0.15) is 13.2 Å². The number of nitrogens with zero attached hydrogens (tertiary/aromatic N) is 1. The maximum absolute atomic E-state index is 12.4. The lowest BCUT2D eigenvalue weighted by Gasteiger charge is -2.33. The van der Waals surface area contributed by atoms with Gasteiger partial charge < -0.3 is 4.74 Å². The number of pyridine rings is 1. The van der Waals surface area contributed by atoms with Gasteiger partial charge in [-0.15, -0.1) is 0 Å². The van der Waals surface area contributed by atoms with E-state index in [0.29, 0.717) is 5.56 Å². The van der Waals surface area contributed by atoms with Gasteiger partial charge in [0, 0.05) is 24.6 Å². The van der Waals surface area contributed by atoms with E-state index in [-0.39, 0.29) is 5.92 Å². The molecule has 1 heterocycles. The first kappa shape index (κ1) is 13.8. The molecule has 0 N–H and O–H groups in total. The molecule has 1 saturated carbocycles. The maximum Gasteiger partial charge on any atom is 0.433 e. The third kappa shape index (κ3) is 3.24. The van der Waals surface area contributed by atoms with Gasteiger partial charge in [0.1, 0.15) is 11.8 Å². The van der Waals surface area contributed by atoms with Crippen molar-refractivity contribution in [1.29, 1.82) is 0 Å². The number of ether oxygens (including phenoxy) is 1. The van der Waals surface area contributed by atoms with Crippen molar-refractivity contribution in [1.82, 2.24) is 4.98 Å². The van der Waals surface area contributed by atoms with Crippen LogP contribution < -0.4 is 0 Å². The van der Waals surface area contributed by atoms with Gasteiger partial charge in [-0.3, -0.25) is 9.78 Å². The molecule has 0 spiro atoms. The zero-order chi connectivity index (χ0) is 14.0. The van der Waals surface area contributed by atoms with E-state index in [1.807, 2.05) is 0 Å². The molecule has 19 heavy (non-hydrogen) atoms. The molecule has 1 fully saturated rings. The highest BCUT2D eigenvalue weighted by atomic mass is 19.4. The van der Waals surface area contributed by atoms with Crippen molar-refractivity contribution in [2.45, 2.75) is 38.5 Å². The number of halogens is 3. The quantitative estimate of drug-likeness (QED) is 0.791. The zero-order valence-electron chi connectivity index (χ0n) is 10.4. The minimum atomic E-state index is -4.45. The van der Waals surface area contributed by atoms with Crippen molar-refractivity contribution in [2.75, 3.05) is 0 Å².